The summed E-state index contributed by atoms with van der Waals surface area (Å²) in [7, 11) is 0. The Bertz CT molecular complexity index is 585. The van der Waals surface area contributed by atoms with Crippen molar-refractivity contribution in [2.24, 2.45) is 0 Å². The van der Waals surface area contributed by atoms with Gasteiger partial charge in [0.1, 0.15) is 17.6 Å². The summed E-state index contributed by atoms with van der Waals surface area (Å²) in [6, 6.07) is 0.882. The van der Waals surface area contributed by atoms with Gasteiger partial charge in [-0.1, -0.05) is 12.8 Å². The highest BCUT2D eigenvalue weighted by Crippen LogP contribution is 2.35. The highest BCUT2D eigenvalue weighted by molar-refractivity contribution is 6.07. The van der Waals surface area contributed by atoms with Crippen molar-refractivity contribution in [2.45, 2.75) is 37.8 Å². The number of hydrogen-bond donors (Lipinski definition) is 2. The Balaban J connectivity index is 1.78. The number of rotatable bonds is 3. The van der Waals surface area contributed by atoms with Gasteiger partial charge in [-0.15, -0.1) is 0 Å². The van der Waals surface area contributed by atoms with Crippen molar-refractivity contribution in [2.75, 3.05) is 0 Å². The lowest BCUT2D eigenvalue weighted by Gasteiger charge is -2.19. The van der Waals surface area contributed by atoms with E-state index < -0.39 is 17.5 Å². The van der Waals surface area contributed by atoms with Crippen LogP contribution in [0.4, 0.5) is 4.79 Å². The first-order valence-electron chi connectivity index (χ1n) is 6.47. The molecule has 2 aliphatic rings. The van der Waals surface area contributed by atoms with Gasteiger partial charge in [-0.05, 0) is 18.9 Å². The van der Waals surface area contributed by atoms with Crippen LogP contribution in [-0.4, -0.2) is 33.5 Å². The van der Waals surface area contributed by atoms with Crippen LogP contribution in [0.2, 0.25) is 0 Å². The second-order valence-electron chi connectivity index (χ2n) is 5.22. The summed E-state index contributed by atoms with van der Waals surface area (Å²) < 4.78 is 5.08. The van der Waals surface area contributed by atoms with Crippen LogP contribution < -0.4 is 5.32 Å². The number of furan rings is 1. The van der Waals surface area contributed by atoms with E-state index in [9.17, 15) is 14.4 Å². The predicted molar refractivity (Wildman–Crippen MR) is 65.9 cm³/mol. The summed E-state index contributed by atoms with van der Waals surface area (Å²) in [6.07, 6.45) is 4.26. The van der Waals surface area contributed by atoms with Gasteiger partial charge >= 0.3 is 12.0 Å². The number of carboxylic acid groups (broad SMARTS) is 1. The highest BCUT2D eigenvalue weighted by atomic mass is 16.4. The van der Waals surface area contributed by atoms with E-state index in [-0.39, 0.29) is 23.8 Å². The van der Waals surface area contributed by atoms with Crippen LogP contribution in [0.25, 0.3) is 0 Å². The maximum Gasteiger partial charge on any atom is 0.338 e. The average Bonchev–Trinajstić information content (AvgIpc) is 3.08. The molecule has 3 amide bonds. The third-order valence-corrected chi connectivity index (χ3v) is 3.92. The number of aromatic carboxylic acids is 1. The van der Waals surface area contributed by atoms with Gasteiger partial charge in [0.2, 0.25) is 0 Å². The van der Waals surface area contributed by atoms with Gasteiger partial charge in [-0.25, -0.2) is 9.59 Å². The minimum absolute atomic E-state index is 0.00244. The first kappa shape index (κ1) is 12.7. The molecule has 0 atom stereocenters. The molecule has 2 heterocycles. The summed E-state index contributed by atoms with van der Waals surface area (Å²) in [4.78, 5) is 36.2. The van der Waals surface area contributed by atoms with Crippen LogP contribution in [0.5, 0.6) is 0 Å². The number of imide groups is 1. The van der Waals surface area contributed by atoms with E-state index in [2.05, 4.69) is 5.32 Å². The van der Waals surface area contributed by atoms with Gasteiger partial charge < -0.3 is 14.8 Å². The molecule has 0 unspecified atom stereocenters. The number of carbonyl (C=O) groups excluding carboxylic acids is 2. The van der Waals surface area contributed by atoms with E-state index in [1.807, 2.05) is 0 Å². The quantitative estimate of drug-likeness (QED) is 0.813. The highest BCUT2D eigenvalue weighted by Gasteiger charge is 2.52. The molecule has 1 saturated heterocycles. The second-order valence-corrected chi connectivity index (χ2v) is 5.22. The fourth-order valence-electron chi connectivity index (χ4n) is 2.87. The van der Waals surface area contributed by atoms with Gasteiger partial charge in [0.25, 0.3) is 5.91 Å². The summed E-state index contributed by atoms with van der Waals surface area (Å²) in [5, 5.41) is 11.6. The Hall–Kier alpha value is -2.31. The van der Waals surface area contributed by atoms with Gasteiger partial charge in [0.15, 0.2) is 0 Å². The molecule has 1 saturated carbocycles. The fraction of sp³-hybridized carbons (Fsp3) is 0.462. The van der Waals surface area contributed by atoms with Crippen molar-refractivity contribution < 1.29 is 23.9 Å². The van der Waals surface area contributed by atoms with Gasteiger partial charge in [0, 0.05) is 0 Å². The van der Waals surface area contributed by atoms with Crippen molar-refractivity contribution >= 4 is 17.9 Å². The largest absolute Gasteiger partial charge is 0.478 e. The Morgan fingerprint density at radius 2 is 2.10 bits per heavy atom. The Kier molecular flexibility index (Phi) is 2.77. The molecule has 2 fully saturated rings. The van der Waals surface area contributed by atoms with Crippen molar-refractivity contribution in [1.82, 2.24) is 10.2 Å². The lowest BCUT2D eigenvalue weighted by Crippen LogP contribution is -2.44. The van der Waals surface area contributed by atoms with E-state index in [4.69, 9.17) is 9.52 Å². The minimum Gasteiger partial charge on any atom is -0.478 e. The molecule has 7 nitrogen and oxygen atoms in total. The molecule has 1 aromatic rings. The van der Waals surface area contributed by atoms with Crippen LogP contribution in [0.1, 0.15) is 41.8 Å². The maximum absolute atomic E-state index is 12.4. The zero-order chi connectivity index (χ0) is 14.3. The van der Waals surface area contributed by atoms with Crippen molar-refractivity contribution in [3.05, 3.63) is 23.7 Å². The number of carbonyl (C=O) groups is 3. The average molecular weight is 278 g/mol. The Morgan fingerprint density at radius 3 is 2.70 bits per heavy atom. The molecular weight excluding hydrogens is 264 g/mol. The topological polar surface area (TPSA) is 99.8 Å². The van der Waals surface area contributed by atoms with Crippen molar-refractivity contribution in [1.29, 1.82) is 0 Å². The smallest absolute Gasteiger partial charge is 0.338 e. The Labute approximate surface area is 114 Å². The third-order valence-electron chi connectivity index (χ3n) is 3.92. The van der Waals surface area contributed by atoms with E-state index >= 15 is 0 Å². The van der Waals surface area contributed by atoms with E-state index in [1.165, 1.54) is 6.07 Å². The van der Waals surface area contributed by atoms with Gasteiger partial charge in [0.05, 0.1) is 12.1 Å². The number of urea groups is 1. The van der Waals surface area contributed by atoms with Crippen LogP contribution in [0.15, 0.2) is 16.7 Å². The predicted octanol–water partition coefficient (Wildman–Crippen LogP) is 1.34. The van der Waals surface area contributed by atoms with E-state index in [1.54, 1.807) is 0 Å². The summed E-state index contributed by atoms with van der Waals surface area (Å²) >= 11 is 0. The van der Waals surface area contributed by atoms with E-state index in [0.717, 1.165) is 24.0 Å². The number of nitrogens with zero attached hydrogens (tertiary/aromatic N) is 1. The van der Waals surface area contributed by atoms with Gasteiger partial charge in [-0.2, -0.15) is 0 Å². The molecule has 0 bridgehead atoms. The molecule has 106 valence electrons. The SMILES string of the molecule is O=C(O)c1coc(CN2C(=O)NC3(CCCC3)C2=O)c1. The summed E-state index contributed by atoms with van der Waals surface area (Å²) in [5.74, 6) is -1.07. The van der Waals surface area contributed by atoms with Crippen LogP contribution in [-0.2, 0) is 11.3 Å². The second kappa shape index (κ2) is 4.36. The molecule has 1 spiro atoms. The third kappa shape index (κ3) is 1.86. The lowest BCUT2D eigenvalue weighted by molar-refractivity contribution is -0.131. The zero-order valence-corrected chi connectivity index (χ0v) is 10.7. The monoisotopic (exact) mass is 278 g/mol. The summed E-state index contributed by atoms with van der Waals surface area (Å²) in [5.41, 5.74) is -0.748. The molecule has 0 radical (unpaired) electrons. The van der Waals surface area contributed by atoms with Crippen LogP contribution >= 0.6 is 0 Å². The lowest BCUT2D eigenvalue weighted by atomic mass is 9.98. The van der Waals surface area contributed by atoms with Crippen LogP contribution in [0, 0.1) is 0 Å². The van der Waals surface area contributed by atoms with Crippen LogP contribution in [0.3, 0.4) is 0 Å². The molecular formula is C13H14N2O5. The van der Waals surface area contributed by atoms with Crippen molar-refractivity contribution in [3.63, 3.8) is 0 Å². The first-order chi connectivity index (χ1) is 9.52. The fourth-order valence-corrected chi connectivity index (χ4v) is 2.87. The molecule has 3 rings (SSSR count). The number of amides is 3. The number of hydrogen-bond acceptors (Lipinski definition) is 4. The molecule has 0 aromatic carbocycles. The molecule has 1 aliphatic carbocycles. The number of nitrogens with one attached hydrogen (secondary N) is 1. The minimum atomic E-state index is -1.11. The normalized spacial score (nSPS) is 20.7. The number of carboxylic acids is 1. The van der Waals surface area contributed by atoms with Gasteiger partial charge in [-0.3, -0.25) is 9.69 Å². The van der Waals surface area contributed by atoms with Crippen molar-refractivity contribution in [3.8, 4) is 0 Å². The molecule has 2 N–H and O–H groups in total. The maximum atomic E-state index is 12.4. The molecule has 7 heteroatoms. The molecule has 20 heavy (non-hydrogen) atoms. The zero-order valence-electron chi connectivity index (χ0n) is 10.7. The molecule has 1 aliphatic heterocycles. The Morgan fingerprint density at radius 1 is 1.40 bits per heavy atom. The molecule has 1 aromatic heterocycles. The van der Waals surface area contributed by atoms with E-state index in [0.29, 0.717) is 12.8 Å². The summed E-state index contributed by atoms with van der Waals surface area (Å²) in [6.45, 7) is -0.0420. The standard InChI is InChI=1S/C13H14N2O5/c16-10(17)8-5-9(20-7-8)6-15-11(18)13(14-12(15)19)3-1-2-4-13/h5,7H,1-4,6H2,(H,14,19)(H,16,17). The first-order valence-corrected chi connectivity index (χ1v) is 6.47.